The van der Waals surface area contributed by atoms with Crippen molar-refractivity contribution in [2.24, 2.45) is 11.7 Å². The van der Waals surface area contributed by atoms with Gasteiger partial charge in [0, 0.05) is 17.6 Å². The van der Waals surface area contributed by atoms with Crippen molar-refractivity contribution in [2.45, 2.75) is 71.0 Å². The number of urea groups is 1. The number of nitrogens with two attached hydrogens (primary N) is 1. The maximum absolute atomic E-state index is 11.7. The lowest BCUT2D eigenvalue weighted by molar-refractivity contribution is 0.217. The normalized spacial score (nSPS) is 31.1. The van der Waals surface area contributed by atoms with Crippen molar-refractivity contribution in [3.63, 3.8) is 0 Å². The molecule has 100 valence electrons. The molecule has 1 unspecified atom stereocenters. The molecule has 1 aliphatic carbocycles. The Labute approximate surface area is 105 Å². The third-order valence-corrected chi connectivity index (χ3v) is 3.82. The molecule has 0 radical (unpaired) electrons. The molecule has 0 heterocycles. The van der Waals surface area contributed by atoms with Crippen LogP contribution < -0.4 is 16.4 Å². The molecular formula is C13H27N3O. The third kappa shape index (κ3) is 4.94. The zero-order valence-corrected chi connectivity index (χ0v) is 11.5. The van der Waals surface area contributed by atoms with Crippen molar-refractivity contribution in [3.05, 3.63) is 0 Å². The summed E-state index contributed by atoms with van der Waals surface area (Å²) in [5.41, 5.74) is 6.02. The van der Waals surface area contributed by atoms with Crippen LogP contribution in [-0.4, -0.2) is 23.7 Å². The molecule has 0 aromatic heterocycles. The van der Waals surface area contributed by atoms with Gasteiger partial charge in [-0.05, 0) is 45.4 Å². The third-order valence-electron chi connectivity index (χ3n) is 3.82. The second-order valence-corrected chi connectivity index (χ2v) is 6.08. The molecule has 1 atom stereocenters. The zero-order chi connectivity index (χ0) is 13.1. The van der Waals surface area contributed by atoms with Crippen LogP contribution in [0, 0.1) is 5.92 Å². The van der Waals surface area contributed by atoms with Gasteiger partial charge in [-0.3, -0.25) is 0 Å². The number of nitrogens with one attached hydrogen (secondary N) is 2. The van der Waals surface area contributed by atoms with Crippen LogP contribution in [0.2, 0.25) is 0 Å². The Bertz CT molecular complexity index is 253. The van der Waals surface area contributed by atoms with Gasteiger partial charge in [0.1, 0.15) is 0 Å². The number of hydrogen-bond donors (Lipinski definition) is 3. The van der Waals surface area contributed by atoms with Crippen molar-refractivity contribution >= 4 is 6.03 Å². The number of carbonyl (C=O) groups excluding carboxylic acids is 1. The summed E-state index contributed by atoms with van der Waals surface area (Å²) in [7, 11) is 0. The van der Waals surface area contributed by atoms with Gasteiger partial charge in [0.05, 0.1) is 0 Å². The summed E-state index contributed by atoms with van der Waals surface area (Å²) >= 11 is 0. The van der Waals surface area contributed by atoms with Crippen molar-refractivity contribution in [1.82, 2.24) is 10.6 Å². The Balaban J connectivity index is 2.28. The summed E-state index contributed by atoms with van der Waals surface area (Å²) in [5, 5.41) is 6.00. The van der Waals surface area contributed by atoms with Gasteiger partial charge in [-0.1, -0.05) is 13.8 Å². The molecule has 1 saturated carbocycles. The van der Waals surface area contributed by atoms with Crippen molar-refractivity contribution in [2.75, 3.05) is 0 Å². The maximum Gasteiger partial charge on any atom is 0.315 e. The van der Waals surface area contributed by atoms with Crippen LogP contribution in [0.4, 0.5) is 4.79 Å². The summed E-state index contributed by atoms with van der Waals surface area (Å²) in [6.07, 6.45) is 3.93. The van der Waals surface area contributed by atoms with Crippen LogP contribution in [0.1, 0.15) is 53.4 Å². The highest BCUT2D eigenvalue weighted by molar-refractivity contribution is 5.74. The largest absolute Gasteiger partial charge is 0.335 e. The Hall–Kier alpha value is -0.770. The molecule has 4 nitrogen and oxygen atoms in total. The first-order valence-electron chi connectivity index (χ1n) is 6.66. The molecule has 0 aliphatic heterocycles. The molecule has 0 bridgehead atoms. The van der Waals surface area contributed by atoms with Crippen molar-refractivity contribution in [3.8, 4) is 0 Å². The molecular weight excluding hydrogens is 214 g/mol. The predicted octanol–water partition coefficient (Wildman–Crippen LogP) is 1.99. The molecule has 1 rings (SSSR count). The summed E-state index contributed by atoms with van der Waals surface area (Å²) in [5.74, 6) is 0.458. The smallest absolute Gasteiger partial charge is 0.315 e. The molecule has 1 fully saturated rings. The zero-order valence-electron chi connectivity index (χ0n) is 11.5. The molecule has 4 heteroatoms. The lowest BCUT2D eigenvalue weighted by Gasteiger charge is -2.34. The van der Waals surface area contributed by atoms with E-state index in [0.717, 1.165) is 25.7 Å². The van der Waals surface area contributed by atoms with E-state index in [4.69, 9.17) is 5.73 Å². The standard InChI is InChI=1S/C13H27N3O/c1-9(2)10(3)15-12(17)16-11-5-7-13(4,14)8-6-11/h9-11H,5-8,14H2,1-4H3,(H2,15,16,17). The molecule has 4 N–H and O–H groups in total. The number of carbonyl (C=O) groups is 1. The fraction of sp³-hybridized carbons (Fsp3) is 0.923. The lowest BCUT2D eigenvalue weighted by atomic mass is 9.82. The van der Waals surface area contributed by atoms with Crippen LogP contribution in [0.3, 0.4) is 0 Å². The molecule has 0 aromatic carbocycles. The lowest BCUT2D eigenvalue weighted by Crippen LogP contribution is -2.50. The second kappa shape index (κ2) is 5.71. The van der Waals surface area contributed by atoms with E-state index in [1.54, 1.807) is 0 Å². The van der Waals surface area contributed by atoms with Gasteiger partial charge >= 0.3 is 6.03 Å². The van der Waals surface area contributed by atoms with Gasteiger partial charge in [-0.2, -0.15) is 0 Å². The minimum absolute atomic E-state index is 0.0418. The molecule has 0 aromatic rings. The first-order chi connectivity index (χ1) is 7.80. The SMILES string of the molecule is CC(C)C(C)NC(=O)NC1CCC(C)(N)CC1. The first kappa shape index (κ1) is 14.3. The van der Waals surface area contributed by atoms with Gasteiger partial charge < -0.3 is 16.4 Å². The molecule has 2 amide bonds. The fourth-order valence-corrected chi connectivity index (χ4v) is 2.02. The maximum atomic E-state index is 11.7. The Kier molecular flexibility index (Phi) is 4.80. The Morgan fingerprint density at radius 1 is 1.29 bits per heavy atom. The van der Waals surface area contributed by atoms with Crippen molar-refractivity contribution in [1.29, 1.82) is 0 Å². The topological polar surface area (TPSA) is 67.2 Å². The highest BCUT2D eigenvalue weighted by atomic mass is 16.2. The minimum Gasteiger partial charge on any atom is -0.335 e. The number of amides is 2. The van der Waals surface area contributed by atoms with E-state index < -0.39 is 0 Å². The first-order valence-corrected chi connectivity index (χ1v) is 6.66. The number of rotatable bonds is 3. The minimum atomic E-state index is -0.0446. The molecule has 17 heavy (non-hydrogen) atoms. The molecule has 1 aliphatic rings. The second-order valence-electron chi connectivity index (χ2n) is 6.08. The van der Waals surface area contributed by atoms with Crippen LogP contribution >= 0.6 is 0 Å². The van der Waals surface area contributed by atoms with Gasteiger partial charge in [0.25, 0.3) is 0 Å². The van der Waals surface area contributed by atoms with E-state index >= 15 is 0 Å². The van der Waals surface area contributed by atoms with Crippen molar-refractivity contribution < 1.29 is 4.79 Å². The Morgan fingerprint density at radius 2 is 1.82 bits per heavy atom. The highest BCUT2D eigenvalue weighted by Gasteiger charge is 2.28. The number of hydrogen-bond acceptors (Lipinski definition) is 2. The van der Waals surface area contributed by atoms with E-state index in [1.807, 2.05) is 6.92 Å². The monoisotopic (exact) mass is 241 g/mol. The van der Waals surface area contributed by atoms with Gasteiger partial charge in [0.15, 0.2) is 0 Å². The van der Waals surface area contributed by atoms with Crippen LogP contribution in [-0.2, 0) is 0 Å². The predicted molar refractivity (Wildman–Crippen MR) is 70.8 cm³/mol. The van der Waals surface area contributed by atoms with E-state index in [9.17, 15) is 4.79 Å². The summed E-state index contributed by atoms with van der Waals surface area (Å²) < 4.78 is 0. The van der Waals surface area contributed by atoms with E-state index in [2.05, 4.69) is 31.4 Å². The van der Waals surface area contributed by atoms with E-state index in [0.29, 0.717) is 5.92 Å². The quantitative estimate of drug-likeness (QED) is 0.707. The van der Waals surface area contributed by atoms with Gasteiger partial charge in [-0.25, -0.2) is 4.79 Å². The fourth-order valence-electron chi connectivity index (χ4n) is 2.02. The average molecular weight is 241 g/mol. The van der Waals surface area contributed by atoms with E-state index in [1.165, 1.54) is 0 Å². The Morgan fingerprint density at radius 3 is 2.29 bits per heavy atom. The molecule has 0 saturated heterocycles. The molecule has 0 spiro atoms. The summed E-state index contributed by atoms with van der Waals surface area (Å²) in [4.78, 5) is 11.7. The average Bonchev–Trinajstić information content (AvgIpc) is 2.21. The summed E-state index contributed by atoms with van der Waals surface area (Å²) in [6, 6.07) is 0.446. The highest BCUT2D eigenvalue weighted by Crippen LogP contribution is 2.25. The summed E-state index contributed by atoms with van der Waals surface area (Å²) in [6.45, 7) is 8.32. The van der Waals surface area contributed by atoms with Gasteiger partial charge in [-0.15, -0.1) is 0 Å². The van der Waals surface area contributed by atoms with Crippen LogP contribution in [0.15, 0.2) is 0 Å². The van der Waals surface area contributed by atoms with Crippen LogP contribution in [0.5, 0.6) is 0 Å². The van der Waals surface area contributed by atoms with Crippen LogP contribution in [0.25, 0.3) is 0 Å². The van der Waals surface area contributed by atoms with Gasteiger partial charge in [0.2, 0.25) is 0 Å². The van der Waals surface area contributed by atoms with E-state index in [-0.39, 0.29) is 23.7 Å².